The van der Waals surface area contributed by atoms with E-state index in [1.54, 1.807) is 22.7 Å². The monoisotopic (exact) mass is 424 g/mol. The van der Waals surface area contributed by atoms with Crippen molar-refractivity contribution in [3.63, 3.8) is 0 Å². The van der Waals surface area contributed by atoms with Crippen molar-refractivity contribution in [2.75, 3.05) is 12.4 Å². The molecule has 4 aromatic rings. The fourth-order valence-corrected chi connectivity index (χ4v) is 3.80. The molecule has 0 radical (unpaired) electrons. The molecule has 0 saturated heterocycles. The van der Waals surface area contributed by atoms with E-state index in [0.29, 0.717) is 27.8 Å². The average molecular weight is 424 g/mol. The van der Waals surface area contributed by atoms with E-state index < -0.39 is 10.8 Å². The first kappa shape index (κ1) is 19.5. The quantitative estimate of drug-likeness (QED) is 0.370. The molecule has 30 heavy (non-hydrogen) atoms. The minimum atomic E-state index is -0.607. The number of carbonyl (C=O) groups is 1. The summed E-state index contributed by atoms with van der Waals surface area (Å²) in [5.74, 6) is 0.568. The van der Waals surface area contributed by atoms with Crippen molar-refractivity contribution in [1.82, 2.24) is 19.8 Å². The number of nitro groups is 1. The zero-order valence-electron chi connectivity index (χ0n) is 16.0. The van der Waals surface area contributed by atoms with Gasteiger partial charge in [-0.1, -0.05) is 30.4 Å². The van der Waals surface area contributed by atoms with E-state index in [2.05, 4.69) is 20.6 Å². The first-order valence-electron chi connectivity index (χ1n) is 8.96. The van der Waals surface area contributed by atoms with Crippen LogP contribution in [0.15, 0.2) is 42.5 Å². The number of carbonyl (C=O) groups excluding carboxylic acids is 1. The molecular formula is C19H16N6O4S. The van der Waals surface area contributed by atoms with Crippen molar-refractivity contribution in [3.05, 3.63) is 64.0 Å². The molecule has 1 amide bonds. The molecule has 0 aliphatic carbocycles. The number of hydrogen-bond acceptors (Lipinski definition) is 8. The van der Waals surface area contributed by atoms with Gasteiger partial charge in [0.2, 0.25) is 4.96 Å². The van der Waals surface area contributed by atoms with Crippen LogP contribution in [-0.4, -0.2) is 37.8 Å². The van der Waals surface area contributed by atoms with Crippen molar-refractivity contribution < 1.29 is 14.5 Å². The minimum absolute atomic E-state index is 0.0404. The standard InChI is InChI=1S/C19H16N6O4S/c1-3-16-21-22-19-24(16)23-18(30-19)11-8-9-15(29-2)13(10-11)20-17(26)12-6-4-5-7-14(12)25(27)28/h4-10H,3H2,1-2H3,(H,20,26). The average Bonchev–Trinajstić information content (AvgIpc) is 3.34. The van der Waals surface area contributed by atoms with Crippen LogP contribution < -0.4 is 10.1 Å². The van der Waals surface area contributed by atoms with Crippen LogP contribution in [0.1, 0.15) is 23.1 Å². The third-order valence-corrected chi connectivity index (χ3v) is 5.36. The van der Waals surface area contributed by atoms with E-state index in [0.717, 1.165) is 11.4 Å². The molecule has 2 aromatic heterocycles. The summed E-state index contributed by atoms with van der Waals surface area (Å²) in [7, 11) is 1.48. The highest BCUT2D eigenvalue weighted by Crippen LogP contribution is 2.33. The Kier molecular flexibility index (Phi) is 5.11. The van der Waals surface area contributed by atoms with Gasteiger partial charge >= 0.3 is 0 Å². The number of nitrogens with one attached hydrogen (secondary N) is 1. The molecule has 10 nitrogen and oxygen atoms in total. The number of hydrogen-bond donors (Lipinski definition) is 1. The molecule has 0 unspecified atom stereocenters. The summed E-state index contributed by atoms with van der Waals surface area (Å²) in [5, 5.41) is 27.4. The summed E-state index contributed by atoms with van der Waals surface area (Å²) in [6.45, 7) is 1.97. The lowest BCUT2D eigenvalue weighted by molar-refractivity contribution is -0.385. The summed E-state index contributed by atoms with van der Waals surface area (Å²) in [6, 6.07) is 11.0. The van der Waals surface area contributed by atoms with Crippen LogP contribution in [0.4, 0.5) is 11.4 Å². The first-order valence-corrected chi connectivity index (χ1v) is 9.77. The van der Waals surface area contributed by atoms with E-state index in [-0.39, 0.29) is 11.3 Å². The van der Waals surface area contributed by atoms with Gasteiger partial charge in [0.1, 0.15) is 16.3 Å². The molecule has 0 bridgehead atoms. The molecule has 2 heterocycles. The lowest BCUT2D eigenvalue weighted by atomic mass is 10.1. The maximum Gasteiger partial charge on any atom is 0.282 e. The third-order valence-electron chi connectivity index (χ3n) is 4.41. The number of nitro benzene ring substituents is 1. The van der Waals surface area contributed by atoms with Crippen LogP contribution in [0, 0.1) is 10.1 Å². The predicted octanol–water partition coefficient (Wildman–Crippen LogP) is 3.58. The number of nitrogens with zero attached hydrogens (tertiary/aromatic N) is 5. The molecule has 0 fully saturated rings. The highest BCUT2D eigenvalue weighted by atomic mass is 32.1. The Hall–Kier alpha value is -3.86. The summed E-state index contributed by atoms with van der Waals surface area (Å²) in [4.78, 5) is 24.0. The zero-order chi connectivity index (χ0) is 21.3. The Morgan fingerprint density at radius 1 is 1.27 bits per heavy atom. The van der Waals surface area contributed by atoms with Crippen molar-refractivity contribution >= 4 is 33.6 Å². The van der Waals surface area contributed by atoms with Crippen LogP contribution in [0.5, 0.6) is 5.75 Å². The lowest BCUT2D eigenvalue weighted by Gasteiger charge is -2.11. The molecule has 4 rings (SSSR count). The fourth-order valence-electron chi connectivity index (χ4n) is 2.95. The maximum absolute atomic E-state index is 12.7. The van der Waals surface area contributed by atoms with Crippen LogP contribution >= 0.6 is 11.3 Å². The number of amides is 1. The van der Waals surface area contributed by atoms with Crippen LogP contribution in [0.3, 0.4) is 0 Å². The Labute approximate surface area is 174 Å². The second-order valence-electron chi connectivity index (χ2n) is 6.21. The minimum Gasteiger partial charge on any atom is -0.495 e. The summed E-state index contributed by atoms with van der Waals surface area (Å²) < 4.78 is 7.03. The molecule has 0 saturated carbocycles. The van der Waals surface area contributed by atoms with E-state index >= 15 is 0 Å². The van der Waals surface area contributed by atoms with Crippen LogP contribution in [0.2, 0.25) is 0 Å². The van der Waals surface area contributed by atoms with Crippen molar-refractivity contribution in [1.29, 1.82) is 0 Å². The van der Waals surface area contributed by atoms with Gasteiger partial charge in [0.15, 0.2) is 5.82 Å². The molecule has 0 aliphatic heterocycles. The molecule has 0 spiro atoms. The molecule has 152 valence electrons. The van der Waals surface area contributed by atoms with Gasteiger partial charge in [-0.3, -0.25) is 14.9 Å². The molecule has 11 heteroatoms. The van der Waals surface area contributed by atoms with Gasteiger partial charge < -0.3 is 10.1 Å². The summed E-state index contributed by atoms with van der Waals surface area (Å²) in [5.41, 5.74) is 0.804. The SMILES string of the molecule is CCc1nnc2sc(-c3ccc(OC)c(NC(=O)c4ccccc4[N+](=O)[O-])c3)nn12. The predicted molar refractivity (Wildman–Crippen MR) is 111 cm³/mol. The molecule has 1 N–H and O–H groups in total. The van der Waals surface area contributed by atoms with E-state index in [9.17, 15) is 14.9 Å². The lowest BCUT2D eigenvalue weighted by Crippen LogP contribution is -2.14. The first-order chi connectivity index (χ1) is 14.5. The van der Waals surface area contributed by atoms with E-state index in [1.165, 1.54) is 36.6 Å². The van der Waals surface area contributed by atoms with Gasteiger partial charge in [-0.2, -0.15) is 9.61 Å². The van der Waals surface area contributed by atoms with Crippen molar-refractivity contribution in [2.45, 2.75) is 13.3 Å². The second kappa shape index (κ2) is 7.87. The van der Waals surface area contributed by atoms with Crippen molar-refractivity contribution in [2.24, 2.45) is 0 Å². The van der Waals surface area contributed by atoms with Crippen LogP contribution in [-0.2, 0) is 6.42 Å². The van der Waals surface area contributed by atoms with E-state index in [1.807, 2.05) is 13.0 Å². The maximum atomic E-state index is 12.7. The molecule has 0 aliphatic rings. The highest BCUT2D eigenvalue weighted by Gasteiger charge is 2.21. The smallest absolute Gasteiger partial charge is 0.282 e. The Morgan fingerprint density at radius 3 is 2.80 bits per heavy atom. The number of fused-ring (bicyclic) bond motifs is 1. The van der Waals surface area contributed by atoms with Gasteiger partial charge in [-0.15, -0.1) is 10.2 Å². The highest BCUT2D eigenvalue weighted by molar-refractivity contribution is 7.19. The fraction of sp³-hybridized carbons (Fsp3) is 0.158. The van der Waals surface area contributed by atoms with Gasteiger partial charge in [0, 0.05) is 18.1 Å². The van der Waals surface area contributed by atoms with Gasteiger partial charge in [0.05, 0.1) is 17.7 Å². The Bertz CT molecular complexity index is 1270. The molecule has 0 atom stereocenters. The number of benzene rings is 2. The number of methoxy groups -OCH3 is 1. The number of anilines is 1. The van der Waals surface area contributed by atoms with Gasteiger partial charge in [-0.05, 0) is 24.3 Å². The number of ether oxygens (including phenoxy) is 1. The largest absolute Gasteiger partial charge is 0.495 e. The zero-order valence-corrected chi connectivity index (χ0v) is 16.8. The second-order valence-corrected chi connectivity index (χ2v) is 7.17. The number of rotatable bonds is 6. The van der Waals surface area contributed by atoms with Crippen LogP contribution in [0.25, 0.3) is 15.5 Å². The normalized spacial score (nSPS) is 10.9. The number of aromatic nitrogens is 4. The Morgan fingerprint density at radius 2 is 2.07 bits per heavy atom. The Balaban J connectivity index is 1.70. The van der Waals surface area contributed by atoms with Gasteiger partial charge in [-0.25, -0.2) is 0 Å². The summed E-state index contributed by atoms with van der Waals surface area (Å²) >= 11 is 1.37. The summed E-state index contributed by atoms with van der Waals surface area (Å²) in [6.07, 6.45) is 0.699. The topological polar surface area (TPSA) is 125 Å². The van der Waals surface area contributed by atoms with Crippen molar-refractivity contribution in [3.8, 4) is 16.3 Å². The molecular weight excluding hydrogens is 408 g/mol. The van der Waals surface area contributed by atoms with E-state index in [4.69, 9.17) is 4.74 Å². The number of aryl methyl sites for hydroxylation is 1. The van der Waals surface area contributed by atoms with Gasteiger partial charge in [0.25, 0.3) is 11.6 Å². The third kappa shape index (κ3) is 3.46. The molecule has 2 aromatic carbocycles. The number of para-hydroxylation sites is 1.